The highest BCUT2D eigenvalue weighted by Gasteiger charge is 2.08. The van der Waals surface area contributed by atoms with E-state index in [-0.39, 0.29) is 5.57 Å². The zero-order chi connectivity index (χ0) is 18.5. The smallest absolute Gasteiger partial charge is 0.263 e. The molecule has 1 rings (SSSR count). The van der Waals surface area contributed by atoms with Gasteiger partial charge in [0.25, 0.3) is 5.91 Å². The molecule has 1 amide bonds. The lowest BCUT2D eigenvalue weighted by Gasteiger charge is -2.09. The third kappa shape index (κ3) is 7.14. The van der Waals surface area contributed by atoms with Crippen LogP contribution >= 0.6 is 0 Å². The molecule has 0 aromatic heterocycles. The Bertz CT molecular complexity index is 623. The molecule has 0 spiro atoms. The largest absolute Gasteiger partial charge is 0.493 e. The topological polar surface area (TPSA) is 92.6 Å². The molecule has 0 unspecified atom stereocenters. The molecule has 0 bridgehead atoms. The van der Waals surface area contributed by atoms with Gasteiger partial charge in [0.2, 0.25) is 0 Å². The minimum absolute atomic E-state index is 0.0460. The lowest BCUT2D eigenvalue weighted by atomic mass is 10.1. The molecule has 2 N–H and O–H groups in total. The molecule has 1 aromatic carbocycles. The van der Waals surface area contributed by atoms with E-state index in [0.29, 0.717) is 44.0 Å². The number of nitrogens with one attached hydrogen (secondary N) is 2. The van der Waals surface area contributed by atoms with Crippen LogP contribution in [0.1, 0.15) is 12.0 Å². The van der Waals surface area contributed by atoms with Crippen LogP contribution in [0.3, 0.4) is 0 Å². The Morgan fingerprint density at radius 3 is 2.60 bits per heavy atom. The molecule has 136 valence electrons. The summed E-state index contributed by atoms with van der Waals surface area (Å²) in [7, 11) is 4.78. The molecule has 7 heteroatoms. The normalized spacial score (nSPS) is 10.7. The lowest BCUT2D eigenvalue weighted by Crippen LogP contribution is -2.27. The standard InChI is InChI=1S/C18H25N3O4/c1-23-10-4-8-21-18(22)15(12-19)13-20-9-7-14-5-6-16(24-2)17(11-14)25-3/h5-6,11,13,20H,4,7-10H2,1-3H3,(H,21,22)/b15-13-. The quantitative estimate of drug-likeness (QED) is 0.357. The summed E-state index contributed by atoms with van der Waals surface area (Å²) in [6.07, 6.45) is 2.85. The molecular weight excluding hydrogens is 322 g/mol. The van der Waals surface area contributed by atoms with Crippen LogP contribution in [-0.2, 0) is 16.0 Å². The number of carbonyl (C=O) groups is 1. The second-order valence-corrected chi connectivity index (χ2v) is 5.17. The fraction of sp³-hybridized carbons (Fsp3) is 0.444. The van der Waals surface area contributed by atoms with E-state index in [1.165, 1.54) is 6.20 Å². The van der Waals surface area contributed by atoms with E-state index in [0.717, 1.165) is 5.56 Å². The number of rotatable bonds is 11. The summed E-state index contributed by atoms with van der Waals surface area (Å²) in [4.78, 5) is 11.8. The Kier molecular flexibility index (Phi) is 9.56. The van der Waals surface area contributed by atoms with Crippen molar-refractivity contribution in [2.75, 3.05) is 41.0 Å². The summed E-state index contributed by atoms with van der Waals surface area (Å²) in [5.41, 5.74) is 1.10. The highest BCUT2D eigenvalue weighted by atomic mass is 16.5. The molecule has 0 aliphatic rings. The molecular formula is C18H25N3O4. The fourth-order valence-corrected chi connectivity index (χ4v) is 2.09. The molecule has 0 fully saturated rings. The van der Waals surface area contributed by atoms with Gasteiger partial charge in [0.15, 0.2) is 11.5 Å². The van der Waals surface area contributed by atoms with Crippen molar-refractivity contribution >= 4 is 5.91 Å². The number of nitriles is 1. The van der Waals surface area contributed by atoms with Crippen molar-refractivity contribution in [2.45, 2.75) is 12.8 Å². The highest BCUT2D eigenvalue weighted by Crippen LogP contribution is 2.27. The van der Waals surface area contributed by atoms with Gasteiger partial charge in [-0.15, -0.1) is 0 Å². The molecule has 0 radical (unpaired) electrons. The van der Waals surface area contributed by atoms with Crippen LogP contribution in [0.2, 0.25) is 0 Å². The first-order chi connectivity index (χ1) is 12.2. The number of carbonyl (C=O) groups excluding carboxylic acids is 1. The predicted octanol–water partition coefficient (Wildman–Crippen LogP) is 1.40. The molecule has 7 nitrogen and oxygen atoms in total. The third-order valence-electron chi connectivity index (χ3n) is 3.43. The number of amides is 1. The second kappa shape index (κ2) is 11.8. The first-order valence-electron chi connectivity index (χ1n) is 7.98. The van der Waals surface area contributed by atoms with Crippen LogP contribution < -0.4 is 20.1 Å². The van der Waals surface area contributed by atoms with Crippen molar-refractivity contribution < 1.29 is 19.0 Å². The Labute approximate surface area is 148 Å². The van der Waals surface area contributed by atoms with Crippen molar-refractivity contribution in [3.8, 4) is 17.6 Å². The van der Waals surface area contributed by atoms with Crippen molar-refractivity contribution in [1.82, 2.24) is 10.6 Å². The average Bonchev–Trinajstić information content (AvgIpc) is 2.64. The maximum atomic E-state index is 11.8. The predicted molar refractivity (Wildman–Crippen MR) is 94.5 cm³/mol. The van der Waals surface area contributed by atoms with Gasteiger partial charge in [-0.05, 0) is 30.5 Å². The summed E-state index contributed by atoms with van der Waals surface area (Å²) in [6, 6.07) is 7.58. The molecule has 0 saturated heterocycles. The minimum atomic E-state index is -0.391. The van der Waals surface area contributed by atoms with Gasteiger partial charge in [0, 0.05) is 33.0 Å². The Morgan fingerprint density at radius 2 is 1.96 bits per heavy atom. The minimum Gasteiger partial charge on any atom is -0.493 e. The zero-order valence-corrected chi connectivity index (χ0v) is 14.9. The van der Waals surface area contributed by atoms with E-state index in [4.69, 9.17) is 19.5 Å². The number of ether oxygens (including phenoxy) is 3. The average molecular weight is 347 g/mol. The van der Waals surface area contributed by atoms with Gasteiger partial charge in [0.1, 0.15) is 11.6 Å². The number of benzene rings is 1. The maximum absolute atomic E-state index is 11.8. The summed E-state index contributed by atoms with van der Waals surface area (Å²) in [6.45, 7) is 1.62. The van der Waals surface area contributed by atoms with Crippen LogP contribution in [-0.4, -0.2) is 46.9 Å². The van der Waals surface area contributed by atoms with Gasteiger partial charge >= 0.3 is 0 Å². The zero-order valence-electron chi connectivity index (χ0n) is 14.9. The van der Waals surface area contributed by atoms with Crippen LogP contribution in [0.5, 0.6) is 11.5 Å². The van der Waals surface area contributed by atoms with Crippen molar-refractivity contribution in [2.24, 2.45) is 0 Å². The highest BCUT2D eigenvalue weighted by molar-refractivity contribution is 5.97. The van der Waals surface area contributed by atoms with Crippen LogP contribution in [0.4, 0.5) is 0 Å². The van der Waals surface area contributed by atoms with E-state index >= 15 is 0 Å². The molecule has 1 aromatic rings. The summed E-state index contributed by atoms with van der Waals surface area (Å²) in [5.74, 6) is 0.955. The van der Waals surface area contributed by atoms with Gasteiger partial charge in [-0.25, -0.2) is 0 Å². The SMILES string of the molecule is COCCCNC(=O)/C(C#N)=C\NCCc1ccc(OC)c(OC)c1. The van der Waals surface area contributed by atoms with Crippen LogP contribution in [0, 0.1) is 11.3 Å². The van der Waals surface area contributed by atoms with Gasteiger partial charge in [-0.3, -0.25) is 4.79 Å². The van der Waals surface area contributed by atoms with E-state index in [1.54, 1.807) is 21.3 Å². The first kappa shape index (κ1) is 20.3. The van der Waals surface area contributed by atoms with E-state index in [9.17, 15) is 4.79 Å². The van der Waals surface area contributed by atoms with E-state index < -0.39 is 5.91 Å². The van der Waals surface area contributed by atoms with Crippen molar-refractivity contribution in [1.29, 1.82) is 5.26 Å². The summed E-state index contributed by atoms with van der Waals surface area (Å²) in [5, 5.41) is 14.7. The molecule has 0 saturated carbocycles. The molecule has 0 atom stereocenters. The molecule has 0 aliphatic carbocycles. The van der Waals surface area contributed by atoms with Gasteiger partial charge in [0.05, 0.1) is 14.2 Å². The Morgan fingerprint density at radius 1 is 1.20 bits per heavy atom. The van der Waals surface area contributed by atoms with Crippen molar-refractivity contribution in [3.05, 3.63) is 35.5 Å². The number of hydrogen-bond acceptors (Lipinski definition) is 6. The molecule has 0 heterocycles. The first-order valence-corrected chi connectivity index (χ1v) is 7.98. The molecule has 0 aliphatic heterocycles. The fourth-order valence-electron chi connectivity index (χ4n) is 2.09. The monoisotopic (exact) mass is 347 g/mol. The molecule has 25 heavy (non-hydrogen) atoms. The lowest BCUT2D eigenvalue weighted by molar-refractivity contribution is -0.117. The van der Waals surface area contributed by atoms with Crippen molar-refractivity contribution in [3.63, 3.8) is 0 Å². The Balaban J connectivity index is 2.47. The van der Waals surface area contributed by atoms with Gasteiger partial charge < -0.3 is 24.8 Å². The second-order valence-electron chi connectivity index (χ2n) is 5.17. The summed E-state index contributed by atoms with van der Waals surface area (Å²) < 4.78 is 15.4. The van der Waals surface area contributed by atoms with E-state index in [2.05, 4.69) is 10.6 Å². The number of methoxy groups -OCH3 is 3. The van der Waals surface area contributed by atoms with Crippen LogP contribution in [0.25, 0.3) is 0 Å². The van der Waals surface area contributed by atoms with E-state index in [1.807, 2.05) is 24.3 Å². The van der Waals surface area contributed by atoms with Gasteiger partial charge in [-0.2, -0.15) is 5.26 Å². The third-order valence-corrected chi connectivity index (χ3v) is 3.43. The summed E-state index contributed by atoms with van der Waals surface area (Å²) >= 11 is 0. The van der Waals surface area contributed by atoms with Crippen LogP contribution in [0.15, 0.2) is 30.0 Å². The maximum Gasteiger partial charge on any atom is 0.263 e. The number of hydrogen-bond donors (Lipinski definition) is 2. The Hall–Kier alpha value is -2.72. The number of nitrogens with zero attached hydrogens (tertiary/aromatic N) is 1. The van der Waals surface area contributed by atoms with Gasteiger partial charge in [-0.1, -0.05) is 6.07 Å².